The lowest BCUT2D eigenvalue weighted by atomic mass is 10.0. The first kappa shape index (κ1) is 16.9. The molecule has 1 heterocycles. The van der Waals surface area contributed by atoms with Gasteiger partial charge in [0.1, 0.15) is 17.5 Å². The molecule has 1 unspecified atom stereocenters. The Morgan fingerprint density at radius 2 is 1.91 bits per heavy atom. The monoisotopic (exact) mass is 306 g/mol. The van der Waals surface area contributed by atoms with E-state index in [2.05, 4.69) is 10.2 Å². The van der Waals surface area contributed by atoms with Gasteiger partial charge in [0.25, 0.3) is 0 Å². The molecule has 0 saturated carbocycles. The molecule has 122 valence electrons. The second-order valence-electron chi connectivity index (χ2n) is 6.35. The minimum absolute atomic E-state index is 0.0320. The van der Waals surface area contributed by atoms with Gasteiger partial charge in [-0.1, -0.05) is 0 Å². The summed E-state index contributed by atoms with van der Waals surface area (Å²) in [5.41, 5.74) is -0.0330. The van der Waals surface area contributed by atoms with Crippen LogP contribution in [0.3, 0.4) is 0 Å². The second kappa shape index (κ2) is 7.22. The first-order valence-electron chi connectivity index (χ1n) is 7.79. The SMILES string of the molecule is CC(=O)c1ccc(OC(C)(C)C(O)CN2CCNCC2)cc1. The summed E-state index contributed by atoms with van der Waals surface area (Å²) in [7, 11) is 0. The van der Waals surface area contributed by atoms with Crippen LogP contribution < -0.4 is 10.1 Å². The van der Waals surface area contributed by atoms with E-state index in [1.54, 1.807) is 24.3 Å². The average molecular weight is 306 g/mol. The third kappa shape index (κ3) is 4.53. The number of piperazine rings is 1. The van der Waals surface area contributed by atoms with E-state index in [0.29, 0.717) is 17.9 Å². The first-order chi connectivity index (χ1) is 10.4. The molecule has 22 heavy (non-hydrogen) atoms. The van der Waals surface area contributed by atoms with E-state index < -0.39 is 11.7 Å². The number of nitrogens with zero attached hydrogens (tertiary/aromatic N) is 1. The highest BCUT2D eigenvalue weighted by Gasteiger charge is 2.31. The molecule has 1 aromatic carbocycles. The van der Waals surface area contributed by atoms with Crippen molar-refractivity contribution in [1.82, 2.24) is 10.2 Å². The molecule has 0 aromatic heterocycles. The summed E-state index contributed by atoms with van der Waals surface area (Å²) in [5.74, 6) is 0.693. The van der Waals surface area contributed by atoms with E-state index in [1.165, 1.54) is 6.92 Å². The van der Waals surface area contributed by atoms with Gasteiger partial charge in [0.05, 0.1) is 0 Å². The lowest BCUT2D eigenvalue weighted by Gasteiger charge is -2.36. The van der Waals surface area contributed by atoms with E-state index in [9.17, 15) is 9.90 Å². The van der Waals surface area contributed by atoms with Crippen molar-refractivity contribution in [1.29, 1.82) is 0 Å². The minimum atomic E-state index is -0.692. The summed E-state index contributed by atoms with van der Waals surface area (Å²) in [6, 6.07) is 7.04. The predicted molar refractivity (Wildman–Crippen MR) is 86.5 cm³/mol. The molecule has 5 heteroatoms. The van der Waals surface area contributed by atoms with Crippen molar-refractivity contribution < 1.29 is 14.6 Å². The van der Waals surface area contributed by atoms with Crippen LogP contribution in [0, 0.1) is 0 Å². The summed E-state index contributed by atoms with van der Waals surface area (Å²) in [6.07, 6.45) is -0.585. The van der Waals surface area contributed by atoms with Gasteiger partial charge in [-0.25, -0.2) is 0 Å². The van der Waals surface area contributed by atoms with Crippen LogP contribution in [0.4, 0.5) is 0 Å². The number of ether oxygens (including phenoxy) is 1. The van der Waals surface area contributed by atoms with Crippen LogP contribution in [0.1, 0.15) is 31.1 Å². The van der Waals surface area contributed by atoms with Crippen molar-refractivity contribution >= 4 is 5.78 Å². The summed E-state index contributed by atoms with van der Waals surface area (Å²) in [5, 5.41) is 13.8. The Morgan fingerprint density at radius 1 is 1.32 bits per heavy atom. The van der Waals surface area contributed by atoms with Crippen LogP contribution in [-0.2, 0) is 0 Å². The molecule has 0 amide bonds. The van der Waals surface area contributed by atoms with Gasteiger partial charge in [-0.05, 0) is 45.0 Å². The Labute approximate surface area is 132 Å². The van der Waals surface area contributed by atoms with Gasteiger partial charge in [-0.3, -0.25) is 9.69 Å². The summed E-state index contributed by atoms with van der Waals surface area (Å²) in [4.78, 5) is 13.5. The maximum Gasteiger partial charge on any atom is 0.159 e. The van der Waals surface area contributed by atoms with Crippen molar-refractivity contribution in [2.75, 3.05) is 32.7 Å². The second-order valence-corrected chi connectivity index (χ2v) is 6.35. The van der Waals surface area contributed by atoms with E-state index in [-0.39, 0.29) is 5.78 Å². The molecule has 1 atom stereocenters. The largest absolute Gasteiger partial charge is 0.485 e. The highest BCUT2D eigenvalue weighted by atomic mass is 16.5. The lowest BCUT2D eigenvalue weighted by Crippen LogP contribution is -2.52. The molecule has 2 rings (SSSR count). The zero-order valence-corrected chi connectivity index (χ0v) is 13.6. The van der Waals surface area contributed by atoms with Crippen LogP contribution >= 0.6 is 0 Å². The van der Waals surface area contributed by atoms with Gasteiger partial charge in [0.15, 0.2) is 5.78 Å². The Kier molecular flexibility index (Phi) is 5.56. The van der Waals surface area contributed by atoms with Gasteiger partial charge in [-0.15, -0.1) is 0 Å². The van der Waals surface area contributed by atoms with E-state index in [0.717, 1.165) is 26.2 Å². The predicted octanol–water partition coefficient (Wildman–Crippen LogP) is 1.31. The van der Waals surface area contributed by atoms with Gasteiger partial charge in [-0.2, -0.15) is 0 Å². The number of rotatable bonds is 6. The van der Waals surface area contributed by atoms with Gasteiger partial charge in [0, 0.05) is 38.3 Å². The summed E-state index contributed by atoms with van der Waals surface area (Å²) >= 11 is 0. The fourth-order valence-corrected chi connectivity index (χ4v) is 2.49. The van der Waals surface area contributed by atoms with E-state index in [1.807, 2.05) is 13.8 Å². The summed E-state index contributed by atoms with van der Waals surface area (Å²) < 4.78 is 5.94. The number of benzene rings is 1. The third-order valence-corrected chi connectivity index (χ3v) is 4.08. The Balaban J connectivity index is 1.94. The van der Waals surface area contributed by atoms with Crippen molar-refractivity contribution in [3.63, 3.8) is 0 Å². The topological polar surface area (TPSA) is 61.8 Å². The fourth-order valence-electron chi connectivity index (χ4n) is 2.49. The molecule has 5 nitrogen and oxygen atoms in total. The Bertz CT molecular complexity index is 493. The summed E-state index contributed by atoms with van der Waals surface area (Å²) in [6.45, 7) is 9.72. The number of Topliss-reactive ketones (excluding diaryl/α,β-unsaturated/α-hetero) is 1. The van der Waals surface area contributed by atoms with Gasteiger partial charge < -0.3 is 15.2 Å². The maximum absolute atomic E-state index is 11.3. The van der Waals surface area contributed by atoms with Crippen LogP contribution in [-0.4, -0.2) is 60.2 Å². The van der Waals surface area contributed by atoms with Gasteiger partial charge in [0.2, 0.25) is 0 Å². The van der Waals surface area contributed by atoms with Crippen molar-refractivity contribution in [2.24, 2.45) is 0 Å². The molecular weight excluding hydrogens is 280 g/mol. The number of β-amino-alcohol motifs (C(OH)–C–C–N with tert-alkyl or cyclic N) is 1. The van der Waals surface area contributed by atoms with E-state index >= 15 is 0 Å². The number of aliphatic hydroxyl groups is 1. The number of nitrogens with one attached hydrogen (secondary N) is 1. The van der Waals surface area contributed by atoms with Crippen molar-refractivity contribution in [3.8, 4) is 5.75 Å². The number of carbonyl (C=O) groups excluding carboxylic acids is 1. The first-order valence-corrected chi connectivity index (χ1v) is 7.79. The molecule has 2 N–H and O–H groups in total. The Morgan fingerprint density at radius 3 is 2.45 bits per heavy atom. The molecule has 0 bridgehead atoms. The molecule has 0 radical (unpaired) electrons. The highest BCUT2D eigenvalue weighted by Crippen LogP contribution is 2.22. The van der Waals surface area contributed by atoms with Gasteiger partial charge >= 0.3 is 0 Å². The molecule has 1 aromatic rings. The minimum Gasteiger partial charge on any atom is -0.485 e. The number of hydrogen-bond acceptors (Lipinski definition) is 5. The average Bonchev–Trinajstić information content (AvgIpc) is 2.48. The van der Waals surface area contributed by atoms with Crippen LogP contribution in [0.15, 0.2) is 24.3 Å². The number of ketones is 1. The quantitative estimate of drug-likeness (QED) is 0.776. The standard InChI is InChI=1S/C17H26N2O3/c1-13(20)14-4-6-15(7-5-14)22-17(2,3)16(21)12-19-10-8-18-9-11-19/h4-7,16,18,21H,8-12H2,1-3H3. The zero-order chi connectivity index (χ0) is 16.2. The highest BCUT2D eigenvalue weighted by molar-refractivity contribution is 5.94. The smallest absolute Gasteiger partial charge is 0.159 e. The molecular formula is C17H26N2O3. The maximum atomic E-state index is 11.3. The molecule has 1 saturated heterocycles. The number of hydrogen-bond donors (Lipinski definition) is 2. The number of aliphatic hydroxyl groups excluding tert-OH is 1. The molecule has 0 spiro atoms. The number of carbonyl (C=O) groups is 1. The molecule has 0 aliphatic carbocycles. The lowest BCUT2D eigenvalue weighted by molar-refractivity contribution is -0.0456. The van der Waals surface area contributed by atoms with Crippen molar-refractivity contribution in [3.05, 3.63) is 29.8 Å². The normalized spacial score (nSPS) is 18.0. The zero-order valence-electron chi connectivity index (χ0n) is 13.6. The molecule has 1 aliphatic heterocycles. The van der Waals surface area contributed by atoms with Crippen molar-refractivity contribution in [2.45, 2.75) is 32.5 Å². The molecule has 1 aliphatic rings. The fraction of sp³-hybridized carbons (Fsp3) is 0.588. The van der Waals surface area contributed by atoms with E-state index in [4.69, 9.17) is 4.74 Å². The van der Waals surface area contributed by atoms with Crippen LogP contribution in [0.5, 0.6) is 5.75 Å². The van der Waals surface area contributed by atoms with Crippen LogP contribution in [0.2, 0.25) is 0 Å². The molecule has 1 fully saturated rings. The van der Waals surface area contributed by atoms with Crippen LogP contribution in [0.25, 0.3) is 0 Å². The Hall–Kier alpha value is -1.43. The third-order valence-electron chi connectivity index (χ3n) is 4.08.